The Labute approximate surface area is 94.0 Å². The Kier molecular flexibility index (Phi) is 3.97. The van der Waals surface area contributed by atoms with Crippen molar-refractivity contribution in [3.63, 3.8) is 0 Å². The largest absolute Gasteiger partial charge is 0.502 e. The van der Waals surface area contributed by atoms with E-state index in [1.54, 1.807) is 12.1 Å². The Morgan fingerprint density at radius 3 is 2.25 bits per heavy atom. The fourth-order valence-electron chi connectivity index (χ4n) is 1.34. The molecule has 1 atom stereocenters. The number of hydrogen-bond acceptors (Lipinski definition) is 5. The number of nitriles is 1. The van der Waals surface area contributed by atoms with Crippen LogP contribution in [0.4, 0.5) is 0 Å². The number of rotatable bonds is 4. The summed E-state index contributed by atoms with van der Waals surface area (Å²) in [6, 6.07) is 4.76. The summed E-state index contributed by atoms with van der Waals surface area (Å²) in [5.41, 5.74) is 6.48. The van der Waals surface area contributed by atoms with Gasteiger partial charge in [0, 0.05) is 6.04 Å². The summed E-state index contributed by atoms with van der Waals surface area (Å²) in [5.74, 6) is 0.489. The molecule has 0 aliphatic heterocycles. The van der Waals surface area contributed by atoms with E-state index in [1.165, 1.54) is 14.2 Å². The normalized spacial score (nSPS) is 11.6. The lowest BCUT2D eigenvalue weighted by atomic mass is 10.0. The van der Waals surface area contributed by atoms with Crippen LogP contribution >= 0.6 is 0 Å². The Hall–Kier alpha value is -1.93. The highest BCUT2D eigenvalue weighted by Gasteiger charge is 2.14. The molecule has 86 valence electrons. The lowest BCUT2D eigenvalue weighted by Crippen LogP contribution is -2.09. The van der Waals surface area contributed by atoms with Gasteiger partial charge in [0.2, 0.25) is 5.75 Å². The van der Waals surface area contributed by atoms with Gasteiger partial charge >= 0.3 is 0 Å². The maximum absolute atomic E-state index is 9.67. The van der Waals surface area contributed by atoms with Crippen molar-refractivity contribution in [3.8, 4) is 23.3 Å². The summed E-state index contributed by atoms with van der Waals surface area (Å²) in [5, 5.41) is 18.2. The molecule has 0 saturated carbocycles. The predicted molar refractivity (Wildman–Crippen MR) is 58.4 cm³/mol. The van der Waals surface area contributed by atoms with Gasteiger partial charge in [0.25, 0.3) is 0 Å². The highest BCUT2D eigenvalue weighted by molar-refractivity contribution is 5.53. The van der Waals surface area contributed by atoms with Crippen molar-refractivity contribution in [2.45, 2.75) is 12.5 Å². The smallest absolute Gasteiger partial charge is 0.200 e. The van der Waals surface area contributed by atoms with E-state index in [4.69, 9.17) is 20.5 Å². The molecule has 5 heteroatoms. The van der Waals surface area contributed by atoms with Gasteiger partial charge in [0.1, 0.15) is 0 Å². The van der Waals surface area contributed by atoms with Gasteiger partial charge in [0.15, 0.2) is 11.5 Å². The van der Waals surface area contributed by atoms with Crippen LogP contribution in [0.25, 0.3) is 0 Å². The number of benzene rings is 1. The van der Waals surface area contributed by atoms with Crippen LogP contribution in [0.5, 0.6) is 17.2 Å². The van der Waals surface area contributed by atoms with Crippen LogP contribution in [0.1, 0.15) is 18.0 Å². The summed E-state index contributed by atoms with van der Waals surface area (Å²) in [6.07, 6.45) is 0.192. The van der Waals surface area contributed by atoms with Gasteiger partial charge in [-0.15, -0.1) is 0 Å². The van der Waals surface area contributed by atoms with Crippen molar-refractivity contribution in [2.24, 2.45) is 5.73 Å². The van der Waals surface area contributed by atoms with Crippen molar-refractivity contribution in [1.82, 2.24) is 0 Å². The average Bonchev–Trinajstić information content (AvgIpc) is 2.29. The van der Waals surface area contributed by atoms with E-state index in [0.29, 0.717) is 5.56 Å². The highest BCUT2D eigenvalue weighted by atomic mass is 16.5. The number of hydrogen-bond donors (Lipinski definition) is 2. The monoisotopic (exact) mass is 222 g/mol. The molecule has 1 rings (SSSR count). The first-order chi connectivity index (χ1) is 7.63. The topological polar surface area (TPSA) is 88.5 Å². The van der Waals surface area contributed by atoms with Crippen LogP contribution in [-0.2, 0) is 0 Å². The van der Waals surface area contributed by atoms with Gasteiger partial charge in [-0.3, -0.25) is 0 Å². The van der Waals surface area contributed by atoms with Crippen LogP contribution in [0.2, 0.25) is 0 Å². The van der Waals surface area contributed by atoms with Gasteiger partial charge in [0.05, 0.1) is 26.7 Å². The summed E-state index contributed by atoms with van der Waals surface area (Å²) in [4.78, 5) is 0. The number of methoxy groups -OCH3 is 2. The second kappa shape index (κ2) is 5.24. The zero-order valence-electron chi connectivity index (χ0n) is 9.23. The lowest BCUT2D eigenvalue weighted by molar-refractivity contribution is 0.338. The molecule has 0 heterocycles. The van der Waals surface area contributed by atoms with Crippen LogP contribution in [0.3, 0.4) is 0 Å². The molecule has 0 aliphatic rings. The molecular weight excluding hydrogens is 208 g/mol. The third kappa shape index (κ3) is 2.35. The maximum Gasteiger partial charge on any atom is 0.200 e. The summed E-state index contributed by atoms with van der Waals surface area (Å²) < 4.78 is 9.98. The third-order valence-electron chi connectivity index (χ3n) is 2.24. The summed E-state index contributed by atoms with van der Waals surface area (Å²) in [6.45, 7) is 0. The second-order valence-corrected chi connectivity index (χ2v) is 3.24. The molecule has 3 N–H and O–H groups in total. The zero-order valence-corrected chi connectivity index (χ0v) is 9.23. The molecule has 0 amide bonds. The molecule has 0 spiro atoms. The Balaban J connectivity index is 3.17. The van der Waals surface area contributed by atoms with E-state index in [-0.39, 0.29) is 23.7 Å². The third-order valence-corrected chi connectivity index (χ3v) is 2.24. The van der Waals surface area contributed by atoms with E-state index >= 15 is 0 Å². The van der Waals surface area contributed by atoms with Gasteiger partial charge in [-0.2, -0.15) is 5.26 Å². The van der Waals surface area contributed by atoms with Crippen molar-refractivity contribution in [3.05, 3.63) is 17.7 Å². The zero-order chi connectivity index (χ0) is 12.1. The second-order valence-electron chi connectivity index (χ2n) is 3.24. The van der Waals surface area contributed by atoms with E-state index in [0.717, 1.165) is 0 Å². The standard InChI is InChI=1S/C11H14N2O3/c1-15-9-5-7(8(13)3-4-12)6-10(16-2)11(9)14/h5-6,8,14H,3,13H2,1-2H3/t8-/m0/s1. The fraction of sp³-hybridized carbons (Fsp3) is 0.364. The minimum absolute atomic E-state index is 0.0714. The minimum atomic E-state index is -0.423. The number of nitrogens with zero attached hydrogens (tertiary/aromatic N) is 1. The van der Waals surface area contributed by atoms with Crippen molar-refractivity contribution < 1.29 is 14.6 Å². The van der Waals surface area contributed by atoms with Crippen LogP contribution in [-0.4, -0.2) is 19.3 Å². The van der Waals surface area contributed by atoms with E-state index in [1.807, 2.05) is 6.07 Å². The Bertz CT molecular complexity index is 387. The average molecular weight is 222 g/mol. The minimum Gasteiger partial charge on any atom is -0.502 e. The van der Waals surface area contributed by atoms with E-state index in [2.05, 4.69) is 0 Å². The molecule has 0 bridgehead atoms. The van der Waals surface area contributed by atoms with Gasteiger partial charge < -0.3 is 20.3 Å². The fourth-order valence-corrected chi connectivity index (χ4v) is 1.34. The molecule has 1 aromatic rings. The molecule has 0 radical (unpaired) electrons. The number of ether oxygens (including phenoxy) is 2. The molecule has 0 aliphatic carbocycles. The lowest BCUT2D eigenvalue weighted by Gasteiger charge is -2.14. The molecular formula is C11H14N2O3. The van der Waals surface area contributed by atoms with Crippen molar-refractivity contribution >= 4 is 0 Å². The quantitative estimate of drug-likeness (QED) is 0.802. The van der Waals surface area contributed by atoms with Gasteiger partial charge in [-0.05, 0) is 17.7 Å². The highest BCUT2D eigenvalue weighted by Crippen LogP contribution is 2.38. The number of nitrogens with two attached hydrogens (primary N) is 1. The van der Waals surface area contributed by atoms with E-state index in [9.17, 15) is 5.11 Å². The van der Waals surface area contributed by atoms with Crippen LogP contribution in [0, 0.1) is 11.3 Å². The SMILES string of the molecule is COc1cc([C@@H](N)CC#N)cc(OC)c1O. The van der Waals surface area contributed by atoms with E-state index < -0.39 is 6.04 Å². The molecule has 5 nitrogen and oxygen atoms in total. The molecule has 1 aromatic carbocycles. The summed E-state index contributed by atoms with van der Waals surface area (Å²) in [7, 11) is 2.88. The maximum atomic E-state index is 9.67. The van der Waals surface area contributed by atoms with Crippen LogP contribution < -0.4 is 15.2 Å². The first-order valence-corrected chi connectivity index (χ1v) is 4.71. The number of phenols is 1. The summed E-state index contributed by atoms with van der Waals surface area (Å²) >= 11 is 0. The Morgan fingerprint density at radius 1 is 1.38 bits per heavy atom. The predicted octanol–water partition coefficient (Wildman–Crippen LogP) is 1.32. The molecule has 0 unspecified atom stereocenters. The van der Waals surface area contributed by atoms with Crippen molar-refractivity contribution in [2.75, 3.05) is 14.2 Å². The van der Waals surface area contributed by atoms with Crippen molar-refractivity contribution in [1.29, 1.82) is 5.26 Å². The molecule has 16 heavy (non-hydrogen) atoms. The number of aromatic hydroxyl groups is 1. The van der Waals surface area contributed by atoms with Gasteiger partial charge in [-0.1, -0.05) is 0 Å². The molecule has 0 aromatic heterocycles. The van der Waals surface area contributed by atoms with Gasteiger partial charge in [-0.25, -0.2) is 0 Å². The Morgan fingerprint density at radius 2 is 1.88 bits per heavy atom. The molecule has 0 saturated heterocycles. The first kappa shape index (κ1) is 12.1. The first-order valence-electron chi connectivity index (χ1n) is 4.71. The molecule has 0 fully saturated rings. The van der Waals surface area contributed by atoms with Crippen LogP contribution in [0.15, 0.2) is 12.1 Å². The number of phenolic OH excluding ortho intramolecular Hbond substituents is 1.